The van der Waals surface area contributed by atoms with E-state index in [0.29, 0.717) is 12.3 Å². The van der Waals surface area contributed by atoms with Gasteiger partial charge < -0.3 is 0 Å². The van der Waals surface area contributed by atoms with Gasteiger partial charge in [0.15, 0.2) is 0 Å². The van der Waals surface area contributed by atoms with Gasteiger partial charge in [-0.15, -0.1) is 11.3 Å². The van der Waals surface area contributed by atoms with Crippen molar-refractivity contribution in [1.82, 2.24) is 9.29 Å². The van der Waals surface area contributed by atoms with E-state index in [1.54, 1.807) is 5.38 Å². The number of aromatic nitrogens is 1. The first-order valence-corrected chi connectivity index (χ1v) is 9.98. The van der Waals surface area contributed by atoms with Crippen LogP contribution < -0.4 is 0 Å². The van der Waals surface area contributed by atoms with Gasteiger partial charge in [0.2, 0.25) is 10.0 Å². The first-order valence-electron chi connectivity index (χ1n) is 7.49. The minimum Gasteiger partial charge on any atom is -0.266 e. The maximum Gasteiger partial charge on any atom is 0.286 e. The lowest BCUT2D eigenvalue weighted by molar-refractivity contribution is 0.0865. The number of hydrogen-bond acceptors (Lipinski definition) is 5. The Morgan fingerprint density at radius 2 is 1.96 bits per heavy atom. The predicted molar refractivity (Wildman–Crippen MR) is 91.1 cm³/mol. The highest BCUT2D eigenvalue weighted by atomic mass is 32.2. The van der Waals surface area contributed by atoms with Gasteiger partial charge in [-0.25, -0.2) is 17.7 Å². The Bertz CT molecular complexity index is 823. The number of rotatable bonds is 3. The van der Waals surface area contributed by atoms with Crippen LogP contribution in [0.1, 0.15) is 42.2 Å². The summed E-state index contributed by atoms with van der Waals surface area (Å²) in [4.78, 5) is 16.7. The fraction of sp³-hybridized carbons (Fsp3) is 0.375. The molecule has 1 aliphatic heterocycles. The molecule has 5 nitrogen and oxygen atoms in total. The van der Waals surface area contributed by atoms with E-state index in [1.807, 2.05) is 24.3 Å². The third-order valence-corrected chi connectivity index (χ3v) is 6.59. The molecule has 0 radical (unpaired) electrons. The number of thiazole rings is 1. The third-order valence-electron chi connectivity index (χ3n) is 3.87. The Kier molecular flexibility index (Phi) is 4.25. The number of carbonyl (C=O) groups excluding carboxylic acids is 1. The average molecular weight is 350 g/mol. The summed E-state index contributed by atoms with van der Waals surface area (Å²) < 4.78 is 24.6. The molecular weight excluding hydrogens is 332 g/mol. The highest BCUT2D eigenvalue weighted by Gasteiger charge is 2.34. The summed E-state index contributed by atoms with van der Waals surface area (Å²) in [6, 6.07) is 8.06. The molecular formula is C16H18N2O3S2. The molecule has 0 atom stereocenters. The number of hydrogen-bond donors (Lipinski definition) is 0. The molecule has 2 aromatic rings. The molecule has 0 aliphatic carbocycles. The van der Waals surface area contributed by atoms with Crippen molar-refractivity contribution in [2.75, 3.05) is 12.3 Å². The van der Waals surface area contributed by atoms with Gasteiger partial charge >= 0.3 is 0 Å². The maximum absolute atomic E-state index is 12.3. The highest BCUT2D eigenvalue weighted by Crippen LogP contribution is 2.27. The van der Waals surface area contributed by atoms with Crippen molar-refractivity contribution in [3.63, 3.8) is 0 Å². The topological polar surface area (TPSA) is 67.3 Å². The van der Waals surface area contributed by atoms with E-state index in [4.69, 9.17) is 0 Å². The van der Waals surface area contributed by atoms with Gasteiger partial charge in [-0.1, -0.05) is 38.1 Å². The quantitative estimate of drug-likeness (QED) is 0.853. The van der Waals surface area contributed by atoms with E-state index in [2.05, 4.69) is 18.8 Å². The summed E-state index contributed by atoms with van der Waals surface area (Å²) in [5.41, 5.74) is 2.37. The first-order chi connectivity index (χ1) is 10.9. The molecule has 0 spiro atoms. The zero-order valence-corrected chi connectivity index (χ0v) is 14.7. The number of benzene rings is 1. The largest absolute Gasteiger partial charge is 0.286 e. The van der Waals surface area contributed by atoms with Gasteiger partial charge in [-0.05, 0) is 17.9 Å². The van der Waals surface area contributed by atoms with Crippen LogP contribution in [0.3, 0.4) is 0 Å². The minimum atomic E-state index is -3.46. The Hall–Kier alpha value is -1.73. The van der Waals surface area contributed by atoms with Gasteiger partial charge in [0.05, 0.1) is 5.75 Å². The molecule has 0 bridgehead atoms. The molecule has 122 valence electrons. The summed E-state index contributed by atoms with van der Waals surface area (Å²) in [7, 11) is -3.46. The van der Waals surface area contributed by atoms with E-state index in [1.165, 1.54) is 16.9 Å². The maximum atomic E-state index is 12.3. The molecule has 0 saturated carbocycles. The average Bonchev–Trinajstić information content (AvgIpc) is 3.13. The van der Waals surface area contributed by atoms with Crippen LogP contribution in [0.4, 0.5) is 0 Å². The Balaban J connectivity index is 1.84. The highest BCUT2D eigenvalue weighted by molar-refractivity contribution is 7.89. The second kappa shape index (κ2) is 6.05. The molecule has 3 rings (SSSR count). The van der Waals surface area contributed by atoms with Crippen molar-refractivity contribution in [2.45, 2.75) is 26.2 Å². The fourth-order valence-corrected chi connectivity index (χ4v) is 4.78. The van der Waals surface area contributed by atoms with E-state index >= 15 is 0 Å². The van der Waals surface area contributed by atoms with Crippen molar-refractivity contribution in [3.05, 3.63) is 40.9 Å². The lowest BCUT2D eigenvalue weighted by Crippen LogP contribution is -2.32. The zero-order valence-electron chi connectivity index (χ0n) is 13.0. The van der Waals surface area contributed by atoms with Crippen LogP contribution in [-0.4, -0.2) is 35.9 Å². The second-order valence-corrected chi connectivity index (χ2v) is 8.73. The minimum absolute atomic E-state index is 0.0341. The monoisotopic (exact) mass is 350 g/mol. The molecule has 2 heterocycles. The van der Waals surface area contributed by atoms with Gasteiger partial charge in [-0.3, -0.25) is 4.79 Å². The second-order valence-electron chi connectivity index (χ2n) is 5.86. The number of nitrogens with zero attached hydrogens (tertiary/aromatic N) is 2. The van der Waals surface area contributed by atoms with Crippen LogP contribution >= 0.6 is 11.3 Å². The van der Waals surface area contributed by atoms with Crippen LogP contribution in [0.15, 0.2) is 29.6 Å². The first kappa shape index (κ1) is 16.1. The molecule has 1 saturated heterocycles. The van der Waals surface area contributed by atoms with Crippen molar-refractivity contribution >= 4 is 27.3 Å². The molecule has 0 unspecified atom stereocenters. The lowest BCUT2D eigenvalue weighted by Gasteiger charge is -2.12. The van der Waals surface area contributed by atoms with Crippen LogP contribution in [-0.2, 0) is 10.0 Å². The van der Waals surface area contributed by atoms with Crippen LogP contribution in [0.25, 0.3) is 10.6 Å². The molecule has 1 aliphatic rings. The van der Waals surface area contributed by atoms with Crippen molar-refractivity contribution in [3.8, 4) is 10.6 Å². The normalized spacial score (nSPS) is 16.9. The predicted octanol–water partition coefficient (Wildman–Crippen LogP) is 3.11. The summed E-state index contributed by atoms with van der Waals surface area (Å²) in [6.07, 6.45) is 0.488. The van der Waals surface area contributed by atoms with Crippen LogP contribution in [0.5, 0.6) is 0 Å². The number of sulfonamides is 1. The summed E-state index contributed by atoms with van der Waals surface area (Å²) >= 11 is 1.35. The summed E-state index contributed by atoms with van der Waals surface area (Å²) in [5, 5.41) is 2.35. The SMILES string of the molecule is CC(C)c1ccc(-c2nc(C(=O)N3CCCS3(=O)=O)cs2)cc1. The lowest BCUT2D eigenvalue weighted by atomic mass is 10.0. The molecule has 23 heavy (non-hydrogen) atoms. The van der Waals surface area contributed by atoms with Crippen molar-refractivity contribution in [1.29, 1.82) is 0 Å². The smallest absolute Gasteiger partial charge is 0.266 e. The Labute approximate surface area is 140 Å². The molecule has 1 amide bonds. The van der Waals surface area contributed by atoms with Crippen LogP contribution in [0.2, 0.25) is 0 Å². The van der Waals surface area contributed by atoms with E-state index in [0.717, 1.165) is 14.9 Å². The summed E-state index contributed by atoms with van der Waals surface area (Å²) in [6.45, 7) is 4.51. The Morgan fingerprint density at radius 3 is 2.52 bits per heavy atom. The van der Waals surface area contributed by atoms with Gasteiger partial charge in [0.1, 0.15) is 10.7 Å². The van der Waals surface area contributed by atoms with Gasteiger partial charge in [-0.2, -0.15) is 0 Å². The summed E-state index contributed by atoms with van der Waals surface area (Å²) in [5.74, 6) is -0.0338. The van der Waals surface area contributed by atoms with Crippen LogP contribution in [0, 0.1) is 0 Å². The number of carbonyl (C=O) groups is 1. The molecule has 1 aromatic heterocycles. The van der Waals surface area contributed by atoms with Gasteiger partial charge in [0, 0.05) is 17.5 Å². The van der Waals surface area contributed by atoms with Gasteiger partial charge in [0.25, 0.3) is 5.91 Å². The molecule has 7 heteroatoms. The number of amides is 1. The molecule has 0 N–H and O–H groups in total. The van der Waals surface area contributed by atoms with E-state index < -0.39 is 15.9 Å². The van der Waals surface area contributed by atoms with Crippen molar-refractivity contribution < 1.29 is 13.2 Å². The standard InChI is InChI=1S/C16H18N2O3S2/c1-11(2)12-4-6-13(7-5-12)15-17-14(10-22-15)16(19)18-8-3-9-23(18,20)21/h4-7,10-11H,3,8-9H2,1-2H3. The fourth-order valence-electron chi connectivity index (χ4n) is 2.51. The van der Waals surface area contributed by atoms with E-state index in [-0.39, 0.29) is 18.0 Å². The zero-order chi connectivity index (χ0) is 16.6. The molecule has 1 fully saturated rings. The van der Waals surface area contributed by atoms with Crippen molar-refractivity contribution in [2.24, 2.45) is 0 Å². The third kappa shape index (κ3) is 3.16. The molecule has 1 aromatic carbocycles. The Morgan fingerprint density at radius 1 is 1.26 bits per heavy atom. The van der Waals surface area contributed by atoms with E-state index in [9.17, 15) is 13.2 Å².